The van der Waals surface area contributed by atoms with Crippen molar-refractivity contribution >= 4 is 19.4 Å². The van der Waals surface area contributed by atoms with E-state index in [1.165, 1.54) is 31.2 Å². The number of nitro benzene ring substituents is 1. The zero-order valence-corrected chi connectivity index (χ0v) is 17.2. The second kappa shape index (κ2) is 10.0. The summed E-state index contributed by atoms with van der Waals surface area (Å²) in [6.07, 6.45) is 0. The third-order valence-electron chi connectivity index (χ3n) is 3.51. The maximum Gasteiger partial charge on any atom is 0.513 e. The quantitative estimate of drug-likeness (QED) is 0.260. The van der Waals surface area contributed by atoms with Crippen LogP contribution in [0.5, 0.6) is 11.5 Å². The maximum atomic E-state index is 13.3. The first kappa shape index (κ1) is 22.4. The average Bonchev–Trinajstić information content (AvgIpc) is 2.66. The number of esters is 1. The van der Waals surface area contributed by atoms with Crippen LogP contribution in [-0.4, -0.2) is 23.5 Å². The molecule has 1 N–H and O–H groups in total. The normalized spacial score (nSPS) is 13.9. The van der Waals surface area contributed by atoms with Crippen LogP contribution >= 0.6 is 7.75 Å². The molecule has 2 atom stereocenters. The van der Waals surface area contributed by atoms with Gasteiger partial charge in [0.25, 0.3) is 5.69 Å². The third-order valence-corrected chi connectivity index (χ3v) is 5.11. The van der Waals surface area contributed by atoms with Crippen molar-refractivity contribution in [3.8, 4) is 11.5 Å². The molecule has 0 bridgehead atoms. The molecule has 0 aliphatic carbocycles. The smallest absolute Gasteiger partial charge is 0.464 e. The van der Waals surface area contributed by atoms with Crippen LogP contribution in [0.3, 0.4) is 0 Å². The Morgan fingerprint density at radius 2 is 1.59 bits per heavy atom. The molecule has 0 aromatic heterocycles. The predicted octanol–water partition coefficient (Wildman–Crippen LogP) is 4.34. The van der Waals surface area contributed by atoms with Crippen LogP contribution in [0.25, 0.3) is 0 Å². The van der Waals surface area contributed by atoms with Gasteiger partial charge in [-0.15, -0.1) is 0 Å². The van der Waals surface area contributed by atoms with Gasteiger partial charge in [0.2, 0.25) is 0 Å². The van der Waals surface area contributed by atoms with Crippen molar-refractivity contribution in [1.82, 2.24) is 5.09 Å². The number of nitrogens with one attached hydrogen (secondary N) is 1. The van der Waals surface area contributed by atoms with E-state index in [9.17, 15) is 19.5 Å². The fraction of sp³-hybridized carbons (Fsp3) is 0.316. The zero-order valence-electron chi connectivity index (χ0n) is 16.3. The fourth-order valence-electron chi connectivity index (χ4n) is 2.12. The molecule has 0 saturated heterocycles. The van der Waals surface area contributed by atoms with Gasteiger partial charge < -0.3 is 13.8 Å². The van der Waals surface area contributed by atoms with E-state index in [1.807, 2.05) is 13.8 Å². The van der Waals surface area contributed by atoms with Crippen LogP contribution in [0.4, 0.5) is 5.69 Å². The molecule has 0 aliphatic rings. The van der Waals surface area contributed by atoms with Crippen molar-refractivity contribution in [2.75, 3.05) is 6.61 Å². The molecule has 2 rings (SSSR count). The monoisotopic (exact) mass is 422 g/mol. The summed E-state index contributed by atoms with van der Waals surface area (Å²) in [6, 6.07) is 12.3. The van der Waals surface area contributed by atoms with Gasteiger partial charge in [0.15, 0.2) is 0 Å². The fourth-order valence-corrected chi connectivity index (χ4v) is 3.64. The Hall–Kier alpha value is -2.90. The van der Waals surface area contributed by atoms with E-state index in [2.05, 4.69) is 5.09 Å². The minimum Gasteiger partial charge on any atom is -0.464 e. The average molecular weight is 422 g/mol. The third kappa shape index (κ3) is 7.21. The van der Waals surface area contributed by atoms with Crippen LogP contribution in [0.1, 0.15) is 20.8 Å². The van der Waals surface area contributed by atoms with Gasteiger partial charge >= 0.3 is 13.7 Å². The van der Waals surface area contributed by atoms with E-state index in [0.29, 0.717) is 0 Å². The molecule has 0 radical (unpaired) electrons. The number of hydrogen-bond acceptors (Lipinski definition) is 7. The van der Waals surface area contributed by atoms with E-state index >= 15 is 0 Å². The number of hydrogen-bond donors (Lipinski definition) is 1. The van der Waals surface area contributed by atoms with Gasteiger partial charge in [-0.3, -0.25) is 14.9 Å². The lowest BCUT2D eigenvalue weighted by Gasteiger charge is -2.23. The number of benzene rings is 2. The van der Waals surface area contributed by atoms with Crippen LogP contribution in [0.2, 0.25) is 0 Å². The number of para-hydroxylation sites is 1. The molecule has 0 amide bonds. The molecule has 0 saturated carbocycles. The van der Waals surface area contributed by atoms with Crippen molar-refractivity contribution in [3.63, 3.8) is 0 Å². The highest BCUT2D eigenvalue weighted by molar-refractivity contribution is 7.52. The summed E-state index contributed by atoms with van der Waals surface area (Å²) < 4.78 is 29.5. The maximum absolute atomic E-state index is 13.3. The molecule has 0 fully saturated rings. The molecule has 2 aromatic rings. The first-order valence-corrected chi connectivity index (χ1v) is 10.5. The van der Waals surface area contributed by atoms with Crippen LogP contribution in [0, 0.1) is 16.0 Å². The molecule has 0 spiro atoms. The molecule has 0 aliphatic heterocycles. The number of ether oxygens (including phenoxy) is 1. The van der Waals surface area contributed by atoms with Crippen LogP contribution in [-0.2, 0) is 14.1 Å². The number of nitro groups is 1. The summed E-state index contributed by atoms with van der Waals surface area (Å²) in [5, 5.41) is 13.3. The summed E-state index contributed by atoms with van der Waals surface area (Å²) in [4.78, 5) is 22.4. The zero-order chi connectivity index (χ0) is 21.4. The predicted molar refractivity (Wildman–Crippen MR) is 107 cm³/mol. The number of non-ortho nitro benzene ring substituents is 1. The van der Waals surface area contributed by atoms with E-state index < -0.39 is 24.7 Å². The topological polar surface area (TPSA) is 117 Å². The molecular weight excluding hydrogens is 399 g/mol. The molecule has 9 nitrogen and oxygen atoms in total. The Morgan fingerprint density at radius 1 is 1.03 bits per heavy atom. The Morgan fingerprint density at radius 3 is 2.10 bits per heavy atom. The lowest BCUT2D eigenvalue weighted by Crippen LogP contribution is -2.36. The van der Waals surface area contributed by atoms with Crippen molar-refractivity contribution in [1.29, 1.82) is 0 Å². The van der Waals surface area contributed by atoms with E-state index in [-0.39, 0.29) is 29.7 Å². The first-order valence-electron chi connectivity index (χ1n) is 8.91. The molecule has 29 heavy (non-hydrogen) atoms. The Bertz CT molecular complexity index is 872. The van der Waals surface area contributed by atoms with Gasteiger partial charge in [-0.25, -0.2) is 4.57 Å². The summed E-state index contributed by atoms with van der Waals surface area (Å²) in [6.45, 7) is 5.49. The van der Waals surface area contributed by atoms with Gasteiger partial charge in [0.05, 0.1) is 11.5 Å². The molecule has 2 aromatic carbocycles. The molecule has 0 heterocycles. The number of rotatable bonds is 10. The standard InChI is InChI=1S/C19H23N2O7P/c1-14(2)13-26-19(22)15(3)20-29(25,27-17-7-5-4-6-8-17)28-18-11-9-16(10-12-18)21(23)24/h4-12,14-15H,13H2,1-3H3,(H,20,25)/t15-,29?/m0/s1. The van der Waals surface area contributed by atoms with Gasteiger partial charge in [0, 0.05) is 12.1 Å². The number of nitrogens with zero attached hydrogens (tertiary/aromatic N) is 1. The Kier molecular flexibility index (Phi) is 7.75. The minimum absolute atomic E-state index is 0.0742. The van der Waals surface area contributed by atoms with Crippen molar-refractivity contribution in [2.24, 2.45) is 5.92 Å². The van der Waals surface area contributed by atoms with Crippen molar-refractivity contribution in [2.45, 2.75) is 26.8 Å². The summed E-state index contributed by atoms with van der Waals surface area (Å²) in [5.74, 6) is -0.129. The van der Waals surface area contributed by atoms with Crippen LogP contribution in [0.15, 0.2) is 54.6 Å². The highest BCUT2D eigenvalue weighted by Gasteiger charge is 2.34. The summed E-state index contributed by atoms with van der Waals surface area (Å²) in [5.41, 5.74) is -0.144. The lowest BCUT2D eigenvalue weighted by atomic mass is 10.2. The van der Waals surface area contributed by atoms with Crippen molar-refractivity contribution < 1.29 is 28.1 Å². The van der Waals surface area contributed by atoms with Gasteiger partial charge in [-0.05, 0) is 37.1 Å². The number of carbonyl (C=O) groups is 1. The number of carbonyl (C=O) groups excluding carboxylic acids is 1. The van der Waals surface area contributed by atoms with Gasteiger partial charge in [-0.1, -0.05) is 32.0 Å². The van der Waals surface area contributed by atoms with E-state index in [4.69, 9.17) is 13.8 Å². The molecular formula is C19H23N2O7P. The van der Waals surface area contributed by atoms with Crippen molar-refractivity contribution in [3.05, 3.63) is 64.7 Å². The second-order valence-electron chi connectivity index (χ2n) is 6.62. The molecule has 1 unspecified atom stereocenters. The van der Waals surface area contributed by atoms with Gasteiger partial charge in [0.1, 0.15) is 17.5 Å². The highest BCUT2D eigenvalue weighted by atomic mass is 31.2. The Labute approximate surface area is 168 Å². The summed E-state index contributed by atoms with van der Waals surface area (Å²) >= 11 is 0. The molecule has 10 heteroatoms. The highest BCUT2D eigenvalue weighted by Crippen LogP contribution is 2.45. The van der Waals surface area contributed by atoms with Gasteiger partial charge in [-0.2, -0.15) is 5.09 Å². The SMILES string of the molecule is CC(C)COC(=O)[C@H](C)NP(=O)(Oc1ccccc1)Oc1ccc([N+](=O)[O-])cc1. The lowest BCUT2D eigenvalue weighted by molar-refractivity contribution is -0.384. The molecule has 156 valence electrons. The second-order valence-corrected chi connectivity index (χ2v) is 8.24. The minimum atomic E-state index is -4.08. The van der Waals surface area contributed by atoms with E-state index in [1.54, 1.807) is 30.3 Å². The largest absolute Gasteiger partial charge is 0.513 e. The summed E-state index contributed by atoms with van der Waals surface area (Å²) in [7, 11) is -4.08. The Balaban J connectivity index is 2.19. The first-order chi connectivity index (χ1) is 13.7. The van der Waals surface area contributed by atoms with E-state index in [0.717, 1.165) is 0 Å². The van der Waals surface area contributed by atoms with Crippen LogP contribution < -0.4 is 14.1 Å².